The van der Waals surface area contributed by atoms with Crippen LogP contribution in [0.1, 0.15) is 0 Å². The van der Waals surface area contributed by atoms with E-state index in [9.17, 15) is 5.11 Å². The summed E-state index contributed by atoms with van der Waals surface area (Å²) in [4.78, 5) is 3.50. The molecule has 1 heterocycles. The molecule has 0 aliphatic carbocycles. The van der Waals surface area contributed by atoms with Crippen molar-refractivity contribution < 1.29 is 34.7 Å². The van der Waals surface area contributed by atoms with Gasteiger partial charge in [-0.3, -0.25) is 0 Å². The first-order valence-corrected chi connectivity index (χ1v) is 3.92. The molecule has 0 N–H and O–H groups in total. The van der Waals surface area contributed by atoms with Gasteiger partial charge < -0.3 is 5.11 Å². The molecule has 0 aliphatic rings. The van der Waals surface area contributed by atoms with E-state index >= 15 is 0 Å². The Bertz CT molecular complexity index is 280. The second-order valence-corrected chi connectivity index (χ2v) is 3.12. The van der Waals surface area contributed by atoms with Gasteiger partial charge >= 0.3 is 29.6 Å². The number of pyridine rings is 1. The van der Waals surface area contributed by atoms with Crippen molar-refractivity contribution in [3.05, 3.63) is 20.4 Å². The zero-order chi connectivity index (χ0) is 8.59. The third kappa shape index (κ3) is 2.55. The van der Waals surface area contributed by atoms with Crippen molar-refractivity contribution in [1.29, 1.82) is 0 Å². The van der Waals surface area contributed by atoms with Crippen LogP contribution in [0.3, 0.4) is 0 Å². The summed E-state index contributed by atoms with van der Waals surface area (Å²) in [6.45, 7) is 0. The molecule has 0 bridgehead atoms. The van der Waals surface area contributed by atoms with Gasteiger partial charge in [-0.25, -0.2) is 4.98 Å². The fourth-order valence-electron chi connectivity index (χ4n) is 0.468. The van der Waals surface area contributed by atoms with Crippen molar-refractivity contribution in [3.8, 4) is 5.75 Å². The van der Waals surface area contributed by atoms with Crippen molar-refractivity contribution in [1.82, 2.24) is 4.98 Å². The van der Waals surface area contributed by atoms with Crippen LogP contribution in [0.2, 0.25) is 20.4 Å². The first-order valence-electron chi connectivity index (χ1n) is 2.41. The molecule has 1 aromatic heterocycles. The van der Waals surface area contributed by atoms with Crippen LogP contribution in [-0.4, -0.2) is 4.98 Å². The van der Waals surface area contributed by atoms with Crippen LogP contribution < -0.4 is 34.7 Å². The van der Waals surface area contributed by atoms with Crippen molar-refractivity contribution in [2.75, 3.05) is 0 Å². The third-order valence-electron chi connectivity index (χ3n) is 0.957. The molecule has 0 aromatic carbocycles. The molecule has 2 nitrogen and oxygen atoms in total. The van der Waals surface area contributed by atoms with Gasteiger partial charge in [0, 0.05) is 0 Å². The van der Waals surface area contributed by atoms with E-state index in [4.69, 9.17) is 46.4 Å². The van der Waals surface area contributed by atoms with E-state index in [0.717, 1.165) is 0 Å². The molecule has 12 heavy (non-hydrogen) atoms. The molecule has 1 aromatic rings. The number of hydrogen-bond donors (Lipinski definition) is 0. The maximum Gasteiger partial charge on any atom is 1.00 e. The molecule has 0 saturated carbocycles. The van der Waals surface area contributed by atoms with E-state index in [-0.39, 0.29) is 49.9 Å². The average molecular weight is 255 g/mol. The number of halogens is 4. The summed E-state index contributed by atoms with van der Waals surface area (Å²) >= 11 is 21.6. The molecule has 0 unspecified atom stereocenters. The number of rotatable bonds is 0. The van der Waals surface area contributed by atoms with E-state index in [2.05, 4.69) is 4.98 Å². The molecule has 0 saturated heterocycles. The monoisotopic (exact) mass is 253 g/mol. The predicted octanol–water partition coefficient (Wildman–Crippen LogP) is -0.227. The number of aromatic nitrogens is 1. The van der Waals surface area contributed by atoms with Crippen molar-refractivity contribution >= 4 is 46.4 Å². The third-order valence-corrected chi connectivity index (χ3v) is 2.40. The Hall–Kier alpha value is 1.11. The van der Waals surface area contributed by atoms with Crippen molar-refractivity contribution in [2.45, 2.75) is 0 Å². The van der Waals surface area contributed by atoms with Gasteiger partial charge in [0.2, 0.25) is 0 Å². The molecule has 0 radical (unpaired) electrons. The summed E-state index contributed by atoms with van der Waals surface area (Å²) in [5, 5.41) is 10.3. The second kappa shape index (κ2) is 5.11. The van der Waals surface area contributed by atoms with Crippen LogP contribution in [0.25, 0.3) is 0 Å². The van der Waals surface area contributed by atoms with Gasteiger partial charge in [-0.2, -0.15) is 0 Å². The summed E-state index contributed by atoms with van der Waals surface area (Å²) in [6.07, 6.45) is 0. The summed E-state index contributed by atoms with van der Waals surface area (Å²) < 4.78 is 0. The molecule has 0 spiro atoms. The Kier molecular flexibility index (Phi) is 5.58. The summed E-state index contributed by atoms with van der Waals surface area (Å²) in [5.74, 6) is -0.599. The normalized spacial score (nSPS) is 9.33. The smallest absolute Gasteiger partial charge is 0.870 e. The van der Waals surface area contributed by atoms with E-state index < -0.39 is 5.75 Å². The molecular weight excluding hydrogens is 255 g/mol. The largest absolute Gasteiger partial charge is 1.00 e. The van der Waals surface area contributed by atoms with E-state index in [0.29, 0.717) is 0 Å². The first-order chi connectivity index (χ1) is 5.04. The Morgan fingerprint density at radius 2 is 1.25 bits per heavy atom. The minimum absolute atomic E-state index is 0. The zero-order valence-electron chi connectivity index (χ0n) is 5.87. The standard InChI is InChI=1S/C5HCl4NO.Na/c6-1-3(11)2(7)5(9)10-4(1)8;/h(H,10,11);/q;+1/p-1. The fraction of sp³-hybridized carbons (Fsp3) is 0. The molecule has 7 heteroatoms. The second-order valence-electron chi connectivity index (χ2n) is 1.65. The summed E-state index contributed by atoms with van der Waals surface area (Å²) in [5.41, 5.74) is 0. The van der Waals surface area contributed by atoms with Crippen LogP contribution >= 0.6 is 46.4 Å². The topological polar surface area (TPSA) is 36.0 Å². The minimum atomic E-state index is -0.599. The maximum atomic E-state index is 10.9. The minimum Gasteiger partial charge on any atom is -0.870 e. The number of hydrogen-bond acceptors (Lipinski definition) is 2. The Balaban J connectivity index is 0.00000121. The van der Waals surface area contributed by atoms with Gasteiger partial charge in [-0.1, -0.05) is 52.2 Å². The molecule has 0 amide bonds. The summed E-state index contributed by atoms with van der Waals surface area (Å²) in [6, 6.07) is 0. The molecule has 0 aliphatic heterocycles. The van der Waals surface area contributed by atoms with Gasteiger partial charge in [0.05, 0.1) is 10.0 Å². The van der Waals surface area contributed by atoms with E-state index in [1.54, 1.807) is 0 Å². The van der Waals surface area contributed by atoms with Crippen LogP contribution in [-0.2, 0) is 0 Å². The molecule has 60 valence electrons. The Morgan fingerprint density at radius 1 is 0.917 bits per heavy atom. The van der Waals surface area contributed by atoms with Crippen molar-refractivity contribution in [2.24, 2.45) is 0 Å². The zero-order valence-corrected chi connectivity index (χ0v) is 10.9. The van der Waals surface area contributed by atoms with Gasteiger partial charge in [-0.05, 0) is 0 Å². The Morgan fingerprint density at radius 3 is 1.58 bits per heavy atom. The molecular formula is C5Cl4NNaO. The quantitative estimate of drug-likeness (QED) is 0.474. The molecule has 0 atom stereocenters. The van der Waals surface area contributed by atoms with Crippen LogP contribution in [0.5, 0.6) is 5.75 Å². The van der Waals surface area contributed by atoms with Crippen molar-refractivity contribution in [3.63, 3.8) is 0 Å². The Labute approximate surface area is 111 Å². The first kappa shape index (κ1) is 13.1. The van der Waals surface area contributed by atoms with Crippen LogP contribution in [0.4, 0.5) is 0 Å². The van der Waals surface area contributed by atoms with Crippen LogP contribution in [0, 0.1) is 0 Å². The molecule has 1 rings (SSSR count). The maximum absolute atomic E-state index is 10.9. The number of nitrogens with zero attached hydrogens (tertiary/aromatic N) is 1. The predicted molar refractivity (Wildman–Crippen MR) is 43.7 cm³/mol. The fourth-order valence-corrected chi connectivity index (χ4v) is 1.17. The van der Waals surface area contributed by atoms with E-state index in [1.807, 2.05) is 0 Å². The van der Waals surface area contributed by atoms with Crippen LogP contribution in [0.15, 0.2) is 0 Å². The summed E-state index contributed by atoms with van der Waals surface area (Å²) in [7, 11) is 0. The van der Waals surface area contributed by atoms with E-state index in [1.165, 1.54) is 0 Å². The SMILES string of the molecule is [Na+].[O-]c1c(Cl)c(Cl)nc(Cl)c1Cl. The molecule has 0 fully saturated rings. The van der Waals surface area contributed by atoms with Gasteiger partial charge in [0.25, 0.3) is 0 Å². The average Bonchev–Trinajstić information content (AvgIpc) is 1.97. The van der Waals surface area contributed by atoms with Gasteiger partial charge in [0.15, 0.2) is 0 Å². The van der Waals surface area contributed by atoms with Gasteiger partial charge in [0.1, 0.15) is 10.3 Å². The van der Waals surface area contributed by atoms with Gasteiger partial charge in [-0.15, -0.1) is 0 Å².